The Bertz CT molecular complexity index is 1300. The minimum absolute atomic E-state index is 0. The van der Waals surface area contributed by atoms with Crippen LogP contribution in [0.3, 0.4) is 0 Å². The van der Waals surface area contributed by atoms with Gasteiger partial charge in [0.25, 0.3) is 0 Å². The summed E-state index contributed by atoms with van der Waals surface area (Å²) in [6.45, 7) is 1.37. The van der Waals surface area contributed by atoms with E-state index in [-0.39, 0.29) is 13.3 Å². The largest absolute Gasteiger partial charge is 0.481 e. The van der Waals surface area contributed by atoms with Gasteiger partial charge in [-0.3, -0.25) is 0 Å². The number of hydrogen-bond donors (Lipinski definition) is 2. The van der Waals surface area contributed by atoms with Crippen LogP contribution in [0.25, 0.3) is 10.9 Å². The first-order valence-corrected chi connectivity index (χ1v) is 12.1. The molecule has 1 fully saturated rings. The molecule has 0 amide bonds. The van der Waals surface area contributed by atoms with Gasteiger partial charge in [-0.05, 0) is 60.5 Å². The van der Waals surface area contributed by atoms with Crippen LogP contribution in [0.2, 0.25) is 10.0 Å². The molecule has 2 N–H and O–H groups in total. The summed E-state index contributed by atoms with van der Waals surface area (Å²) in [5, 5.41) is 18.2. The van der Waals surface area contributed by atoms with Gasteiger partial charge in [0.1, 0.15) is 0 Å². The predicted molar refractivity (Wildman–Crippen MR) is 145 cm³/mol. The van der Waals surface area contributed by atoms with Crippen LogP contribution in [-0.2, 0) is 0 Å². The molecular formula is C29H30Cl2N2O2. The first-order chi connectivity index (χ1) is 16.5. The summed E-state index contributed by atoms with van der Waals surface area (Å²) >= 11 is 12.5. The fraction of sp³-hybridized carbons (Fsp3) is 0.276. The topological polar surface area (TPSA) is 54.4 Å². The normalized spacial score (nSPS) is 20.7. The highest BCUT2D eigenvalue weighted by Gasteiger charge is 2.48. The maximum Gasteiger partial charge on any atom is 0.217 e. The third kappa shape index (κ3) is 4.89. The van der Waals surface area contributed by atoms with Gasteiger partial charge in [-0.1, -0.05) is 73.1 Å². The molecular weight excluding hydrogens is 479 g/mol. The molecule has 5 rings (SSSR count). The van der Waals surface area contributed by atoms with Gasteiger partial charge in [-0.2, -0.15) is 0 Å². The van der Waals surface area contributed by atoms with Gasteiger partial charge in [0, 0.05) is 39.4 Å². The molecule has 3 unspecified atom stereocenters. The molecule has 0 bridgehead atoms. The van der Waals surface area contributed by atoms with Crippen LogP contribution < -0.4 is 10.1 Å². The number of benzene rings is 3. The van der Waals surface area contributed by atoms with Crippen molar-refractivity contribution in [2.24, 2.45) is 0 Å². The zero-order valence-electron chi connectivity index (χ0n) is 18.8. The van der Waals surface area contributed by atoms with Crippen LogP contribution in [0.4, 0.5) is 0 Å². The highest BCUT2D eigenvalue weighted by molar-refractivity contribution is 6.31. The predicted octanol–water partition coefficient (Wildman–Crippen LogP) is 6.83. The van der Waals surface area contributed by atoms with E-state index in [4.69, 9.17) is 32.9 Å². The number of hydrogen-bond acceptors (Lipinski definition) is 4. The van der Waals surface area contributed by atoms with Gasteiger partial charge < -0.3 is 15.2 Å². The Hall–Kier alpha value is -2.63. The molecule has 2 heterocycles. The molecule has 35 heavy (non-hydrogen) atoms. The summed E-state index contributed by atoms with van der Waals surface area (Å²) in [7, 11) is 1.62. The lowest BCUT2D eigenvalue weighted by molar-refractivity contribution is -0.0253. The molecule has 1 aliphatic rings. The number of halogens is 2. The van der Waals surface area contributed by atoms with Gasteiger partial charge in [0.2, 0.25) is 5.88 Å². The van der Waals surface area contributed by atoms with Crippen molar-refractivity contribution < 1.29 is 9.84 Å². The van der Waals surface area contributed by atoms with Crippen LogP contribution in [0.1, 0.15) is 42.4 Å². The highest BCUT2D eigenvalue weighted by atomic mass is 35.5. The minimum Gasteiger partial charge on any atom is -0.481 e. The van der Waals surface area contributed by atoms with Gasteiger partial charge in [0.05, 0.1) is 18.2 Å². The van der Waals surface area contributed by atoms with Crippen LogP contribution in [0.15, 0.2) is 78.9 Å². The second-order valence-electron chi connectivity index (χ2n) is 8.82. The van der Waals surface area contributed by atoms with Crippen molar-refractivity contribution in [3.8, 4) is 5.88 Å². The summed E-state index contributed by atoms with van der Waals surface area (Å²) in [4.78, 5) is 4.79. The lowest BCUT2D eigenvalue weighted by Crippen LogP contribution is -2.52. The molecule has 0 spiro atoms. The molecule has 4 aromatic rings. The number of rotatable bonds is 5. The first-order valence-electron chi connectivity index (χ1n) is 11.4. The Morgan fingerprint density at radius 2 is 1.71 bits per heavy atom. The van der Waals surface area contributed by atoms with E-state index in [1.165, 1.54) is 0 Å². The highest BCUT2D eigenvalue weighted by Crippen LogP contribution is 2.49. The third-order valence-electron chi connectivity index (χ3n) is 6.83. The van der Waals surface area contributed by atoms with Crippen molar-refractivity contribution in [1.29, 1.82) is 0 Å². The van der Waals surface area contributed by atoms with E-state index in [9.17, 15) is 5.11 Å². The molecule has 3 aromatic carbocycles. The molecule has 6 heteroatoms. The maximum atomic E-state index is 12.6. The average Bonchev–Trinajstić information content (AvgIpc) is 2.85. The number of pyridine rings is 1. The molecule has 0 saturated carbocycles. The molecule has 1 aromatic heterocycles. The Labute approximate surface area is 216 Å². The molecule has 1 aliphatic heterocycles. The fourth-order valence-electron chi connectivity index (χ4n) is 5.23. The van der Waals surface area contributed by atoms with Gasteiger partial charge >= 0.3 is 0 Å². The van der Waals surface area contributed by atoms with E-state index in [1.54, 1.807) is 7.11 Å². The van der Waals surface area contributed by atoms with Crippen molar-refractivity contribution >= 4 is 34.1 Å². The van der Waals surface area contributed by atoms with Crippen molar-refractivity contribution in [1.82, 2.24) is 10.3 Å². The number of ether oxygens (including phenoxy) is 1. The second kappa shape index (κ2) is 10.5. The second-order valence-corrected chi connectivity index (χ2v) is 9.69. The summed E-state index contributed by atoms with van der Waals surface area (Å²) < 4.78 is 5.79. The Balaban J connectivity index is 0.00000289. The standard InChI is InChI=1S/C28H26Cl2N2O2.CH4/c1-34-27-23(16-20-15-22(30)11-12-25(20)32-27)26(19-7-9-21(29)10-8-19)28(33)13-14-31-17-24(28)18-5-3-2-4-6-18;/h2-12,15-16,24,26,31,33H,13-14,17H2,1H3;1H4. The summed E-state index contributed by atoms with van der Waals surface area (Å²) in [5.41, 5.74) is 2.56. The average molecular weight is 509 g/mol. The van der Waals surface area contributed by atoms with E-state index >= 15 is 0 Å². The lowest BCUT2D eigenvalue weighted by Gasteiger charge is -2.46. The number of nitrogens with zero attached hydrogens (tertiary/aromatic N) is 1. The van der Waals surface area contributed by atoms with E-state index in [0.29, 0.717) is 35.4 Å². The van der Waals surface area contributed by atoms with E-state index in [1.807, 2.05) is 66.7 Å². The maximum absolute atomic E-state index is 12.6. The minimum atomic E-state index is -1.10. The zero-order valence-corrected chi connectivity index (χ0v) is 20.4. The van der Waals surface area contributed by atoms with E-state index in [0.717, 1.165) is 27.6 Å². The Kier molecular flexibility index (Phi) is 7.67. The quantitative estimate of drug-likeness (QED) is 0.310. The molecule has 4 nitrogen and oxygen atoms in total. The Morgan fingerprint density at radius 1 is 1.00 bits per heavy atom. The van der Waals surface area contributed by atoms with Crippen LogP contribution in [-0.4, -0.2) is 35.9 Å². The summed E-state index contributed by atoms with van der Waals surface area (Å²) in [6.07, 6.45) is 0.566. The van der Waals surface area contributed by atoms with Crippen LogP contribution in [0.5, 0.6) is 5.88 Å². The fourth-order valence-corrected chi connectivity index (χ4v) is 5.54. The lowest BCUT2D eigenvalue weighted by atomic mass is 9.65. The van der Waals surface area contributed by atoms with Crippen molar-refractivity contribution in [2.45, 2.75) is 31.3 Å². The molecule has 0 aliphatic carbocycles. The smallest absolute Gasteiger partial charge is 0.217 e. The Morgan fingerprint density at radius 3 is 2.43 bits per heavy atom. The monoisotopic (exact) mass is 508 g/mol. The van der Waals surface area contributed by atoms with Crippen molar-refractivity contribution in [3.63, 3.8) is 0 Å². The summed E-state index contributed by atoms with van der Waals surface area (Å²) in [5.74, 6) is -0.0423. The number of aliphatic hydroxyl groups is 1. The first kappa shape index (κ1) is 25.5. The van der Waals surface area contributed by atoms with Gasteiger partial charge in [-0.25, -0.2) is 4.98 Å². The van der Waals surface area contributed by atoms with E-state index in [2.05, 4.69) is 17.4 Å². The number of piperidine rings is 1. The third-order valence-corrected chi connectivity index (χ3v) is 7.32. The number of methoxy groups -OCH3 is 1. The molecule has 182 valence electrons. The molecule has 3 atom stereocenters. The SMILES string of the molecule is C.COc1nc2ccc(Cl)cc2cc1C(c1ccc(Cl)cc1)C1(O)CCNCC1c1ccccc1. The van der Waals surface area contributed by atoms with Crippen molar-refractivity contribution in [2.75, 3.05) is 20.2 Å². The van der Waals surface area contributed by atoms with Crippen LogP contribution in [0, 0.1) is 0 Å². The number of nitrogens with one attached hydrogen (secondary N) is 1. The van der Waals surface area contributed by atoms with Crippen molar-refractivity contribution in [3.05, 3.63) is 106 Å². The van der Waals surface area contributed by atoms with Crippen LogP contribution >= 0.6 is 23.2 Å². The van der Waals surface area contributed by atoms with Gasteiger partial charge in [-0.15, -0.1) is 0 Å². The zero-order chi connectivity index (χ0) is 23.7. The molecule has 0 radical (unpaired) electrons. The molecule has 1 saturated heterocycles. The summed E-state index contributed by atoms with van der Waals surface area (Å²) in [6, 6.07) is 25.5. The number of fused-ring (bicyclic) bond motifs is 1. The van der Waals surface area contributed by atoms with Gasteiger partial charge in [0.15, 0.2) is 0 Å². The van der Waals surface area contributed by atoms with E-state index < -0.39 is 11.5 Å². The number of aromatic nitrogens is 1.